The minimum Gasteiger partial charge on any atom is -0.383 e. The number of carbonyl (C=O) groups excluding carboxylic acids is 1. The van der Waals surface area contributed by atoms with Crippen LogP contribution in [0.25, 0.3) is 0 Å². The number of hydrogen-bond donors (Lipinski definition) is 2. The molecule has 0 aliphatic heterocycles. The van der Waals surface area contributed by atoms with Gasteiger partial charge in [-0.1, -0.05) is 19.8 Å². The third kappa shape index (κ3) is 6.36. The maximum absolute atomic E-state index is 11.7. The first-order chi connectivity index (χ1) is 8.76. The lowest BCUT2D eigenvalue weighted by molar-refractivity contribution is -0.121. The maximum atomic E-state index is 11.7. The van der Waals surface area contributed by atoms with Gasteiger partial charge in [0.25, 0.3) is 0 Å². The first kappa shape index (κ1) is 15.4. The van der Waals surface area contributed by atoms with Crippen molar-refractivity contribution in [2.45, 2.75) is 51.5 Å². The van der Waals surface area contributed by atoms with Crippen molar-refractivity contribution in [1.82, 2.24) is 10.6 Å². The molecule has 0 spiro atoms. The topological polar surface area (TPSA) is 50.4 Å². The largest absolute Gasteiger partial charge is 0.383 e. The van der Waals surface area contributed by atoms with Crippen LogP contribution >= 0.6 is 0 Å². The van der Waals surface area contributed by atoms with Gasteiger partial charge in [-0.05, 0) is 31.6 Å². The maximum Gasteiger partial charge on any atom is 0.234 e. The van der Waals surface area contributed by atoms with Crippen LogP contribution in [0.4, 0.5) is 0 Å². The summed E-state index contributed by atoms with van der Waals surface area (Å²) in [6.07, 6.45) is 7.47. The summed E-state index contributed by atoms with van der Waals surface area (Å²) in [5.74, 6) is 1.01. The average Bonchev–Trinajstić information content (AvgIpc) is 2.37. The molecular formula is C14H28N2O2. The molecule has 1 amide bonds. The molecule has 0 atom stereocenters. The van der Waals surface area contributed by atoms with Crippen LogP contribution in [0.1, 0.15) is 45.4 Å². The summed E-state index contributed by atoms with van der Waals surface area (Å²) in [7, 11) is 1.66. The summed E-state index contributed by atoms with van der Waals surface area (Å²) in [6.45, 7) is 4.03. The Hall–Kier alpha value is -0.610. The summed E-state index contributed by atoms with van der Waals surface area (Å²) in [4.78, 5) is 11.7. The number of ether oxygens (including phenoxy) is 1. The second-order valence-corrected chi connectivity index (χ2v) is 5.24. The van der Waals surface area contributed by atoms with Gasteiger partial charge >= 0.3 is 0 Å². The summed E-state index contributed by atoms with van der Waals surface area (Å²) in [5, 5.41) is 6.18. The third-order valence-electron chi connectivity index (χ3n) is 3.68. The molecule has 4 heteroatoms. The van der Waals surface area contributed by atoms with Crippen molar-refractivity contribution < 1.29 is 9.53 Å². The minimum absolute atomic E-state index is 0.116. The van der Waals surface area contributed by atoms with E-state index in [1.54, 1.807) is 7.11 Å². The highest BCUT2D eigenvalue weighted by Gasteiger charge is 2.21. The molecule has 1 rings (SSSR count). The van der Waals surface area contributed by atoms with E-state index in [-0.39, 0.29) is 5.91 Å². The second-order valence-electron chi connectivity index (χ2n) is 5.24. The highest BCUT2D eigenvalue weighted by Crippen LogP contribution is 2.27. The van der Waals surface area contributed by atoms with E-state index >= 15 is 0 Å². The van der Waals surface area contributed by atoms with Crippen LogP contribution in [0.5, 0.6) is 0 Å². The van der Waals surface area contributed by atoms with Gasteiger partial charge in [-0.25, -0.2) is 0 Å². The number of carbonyl (C=O) groups is 1. The Morgan fingerprint density at radius 1 is 1.28 bits per heavy atom. The van der Waals surface area contributed by atoms with Crippen LogP contribution in [0.15, 0.2) is 0 Å². The van der Waals surface area contributed by atoms with Gasteiger partial charge in [-0.3, -0.25) is 4.79 Å². The van der Waals surface area contributed by atoms with Crippen molar-refractivity contribution in [2.24, 2.45) is 5.92 Å². The zero-order valence-corrected chi connectivity index (χ0v) is 11.8. The third-order valence-corrected chi connectivity index (χ3v) is 3.68. The molecule has 0 aromatic rings. The van der Waals surface area contributed by atoms with Gasteiger partial charge in [0.2, 0.25) is 5.91 Å². The van der Waals surface area contributed by atoms with E-state index in [0.717, 1.165) is 25.3 Å². The Labute approximate surface area is 111 Å². The fourth-order valence-corrected chi connectivity index (χ4v) is 2.66. The highest BCUT2D eigenvalue weighted by molar-refractivity contribution is 5.78. The lowest BCUT2D eigenvalue weighted by Gasteiger charge is -2.29. The molecule has 1 fully saturated rings. The molecule has 1 aliphatic rings. The summed E-state index contributed by atoms with van der Waals surface area (Å²) >= 11 is 0. The van der Waals surface area contributed by atoms with Crippen LogP contribution in [0.2, 0.25) is 0 Å². The van der Waals surface area contributed by atoms with Gasteiger partial charge in [0.1, 0.15) is 0 Å². The van der Waals surface area contributed by atoms with Gasteiger partial charge in [0, 0.05) is 19.7 Å². The smallest absolute Gasteiger partial charge is 0.234 e. The second kappa shape index (κ2) is 9.34. The number of rotatable bonds is 8. The van der Waals surface area contributed by atoms with Gasteiger partial charge in [-0.15, -0.1) is 0 Å². The predicted octanol–water partition coefficient (Wildman–Crippen LogP) is 1.70. The quantitative estimate of drug-likeness (QED) is 0.650. The SMILES string of the molecule is CCCC1CCC(NC(=O)CNCCOC)CC1. The molecule has 0 bridgehead atoms. The summed E-state index contributed by atoms with van der Waals surface area (Å²) in [6, 6.07) is 0.398. The first-order valence-electron chi connectivity index (χ1n) is 7.25. The molecule has 4 nitrogen and oxygen atoms in total. The van der Waals surface area contributed by atoms with Crippen molar-refractivity contribution >= 4 is 5.91 Å². The van der Waals surface area contributed by atoms with Crippen molar-refractivity contribution in [3.8, 4) is 0 Å². The molecular weight excluding hydrogens is 228 g/mol. The van der Waals surface area contributed by atoms with Gasteiger partial charge in [0.05, 0.1) is 13.2 Å². The van der Waals surface area contributed by atoms with E-state index < -0.39 is 0 Å². The van der Waals surface area contributed by atoms with E-state index in [1.807, 2.05) is 0 Å². The summed E-state index contributed by atoms with van der Waals surface area (Å²) in [5.41, 5.74) is 0. The van der Waals surface area contributed by atoms with Crippen molar-refractivity contribution in [2.75, 3.05) is 26.8 Å². The van der Waals surface area contributed by atoms with Crippen molar-refractivity contribution in [3.63, 3.8) is 0 Å². The number of methoxy groups -OCH3 is 1. The Kier molecular flexibility index (Phi) is 8.01. The van der Waals surface area contributed by atoms with Gasteiger partial charge < -0.3 is 15.4 Å². The van der Waals surface area contributed by atoms with Crippen LogP contribution in [0.3, 0.4) is 0 Å². The monoisotopic (exact) mass is 256 g/mol. The molecule has 0 heterocycles. The molecule has 0 saturated heterocycles. The molecule has 106 valence electrons. The van der Waals surface area contributed by atoms with Crippen LogP contribution in [0, 0.1) is 5.92 Å². The minimum atomic E-state index is 0.116. The van der Waals surface area contributed by atoms with E-state index in [4.69, 9.17) is 4.74 Å². The lowest BCUT2D eigenvalue weighted by atomic mass is 9.83. The normalized spacial score (nSPS) is 23.9. The Balaban J connectivity index is 2.07. The van der Waals surface area contributed by atoms with Crippen LogP contribution in [-0.2, 0) is 9.53 Å². The molecule has 0 unspecified atom stereocenters. The molecule has 0 aromatic heterocycles. The Morgan fingerprint density at radius 3 is 2.61 bits per heavy atom. The number of nitrogens with one attached hydrogen (secondary N) is 2. The first-order valence-corrected chi connectivity index (χ1v) is 7.25. The van der Waals surface area contributed by atoms with E-state index in [9.17, 15) is 4.79 Å². The number of hydrogen-bond acceptors (Lipinski definition) is 3. The zero-order chi connectivity index (χ0) is 13.2. The van der Waals surface area contributed by atoms with Crippen molar-refractivity contribution in [3.05, 3.63) is 0 Å². The molecule has 1 aliphatic carbocycles. The molecule has 18 heavy (non-hydrogen) atoms. The Bertz CT molecular complexity index is 226. The van der Waals surface area contributed by atoms with E-state index in [1.165, 1.54) is 25.7 Å². The van der Waals surface area contributed by atoms with Crippen LogP contribution in [-0.4, -0.2) is 38.8 Å². The molecule has 0 aromatic carbocycles. The summed E-state index contributed by atoms with van der Waals surface area (Å²) < 4.78 is 4.91. The van der Waals surface area contributed by atoms with Gasteiger partial charge in [-0.2, -0.15) is 0 Å². The lowest BCUT2D eigenvalue weighted by Crippen LogP contribution is -2.42. The average molecular weight is 256 g/mol. The standard InChI is InChI=1S/C14H28N2O2/c1-3-4-12-5-7-13(8-6-12)16-14(17)11-15-9-10-18-2/h12-13,15H,3-11H2,1-2H3,(H,16,17). The number of amides is 1. The van der Waals surface area contributed by atoms with E-state index in [0.29, 0.717) is 19.2 Å². The molecule has 0 radical (unpaired) electrons. The predicted molar refractivity (Wildman–Crippen MR) is 73.5 cm³/mol. The fraction of sp³-hybridized carbons (Fsp3) is 0.929. The van der Waals surface area contributed by atoms with Gasteiger partial charge in [0.15, 0.2) is 0 Å². The van der Waals surface area contributed by atoms with Crippen LogP contribution < -0.4 is 10.6 Å². The fourth-order valence-electron chi connectivity index (χ4n) is 2.66. The molecule has 1 saturated carbocycles. The van der Waals surface area contributed by atoms with E-state index in [2.05, 4.69) is 17.6 Å². The highest BCUT2D eigenvalue weighted by atomic mass is 16.5. The molecule has 2 N–H and O–H groups in total. The zero-order valence-electron chi connectivity index (χ0n) is 11.8. The van der Waals surface area contributed by atoms with Crippen molar-refractivity contribution in [1.29, 1.82) is 0 Å². The Morgan fingerprint density at radius 2 is 2.00 bits per heavy atom.